The zero-order valence-electron chi connectivity index (χ0n) is 14.0. The van der Waals surface area contributed by atoms with Crippen LogP contribution in [0.1, 0.15) is 18.2 Å². The molecule has 26 heavy (non-hydrogen) atoms. The second-order valence-corrected chi connectivity index (χ2v) is 6.00. The lowest BCUT2D eigenvalue weighted by Gasteiger charge is -2.14. The van der Waals surface area contributed by atoms with Crippen LogP contribution in [0.3, 0.4) is 0 Å². The number of fused-ring (bicyclic) bond motifs is 1. The zero-order valence-corrected chi connectivity index (χ0v) is 14.0. The average molecular weight is 344 g/mol. The number of rotatable bonds is 2. The van der Waals surface area contributed by atoms with E-state index in [0.717, 1.165) is 16.6 Å². The highest BCUT2D eigenvalue weighted by Gasteiger charge is 2.20. The summed E-state index contributed by atoms with van der Waals surface area (Å²) in [5.74, 6) is 6.75. The van der Waals surface area contributed by atoms with Crippen molar-refractivity contribution >= 4 is 17.0 Å². The fourth-order valence-electron chi connectivity index (χ4n) is 2.66. The maximum absolute atomic E-state index is 10.5. The van der Waals surface area contributed by atoms with Gasteiger partial charge in [-0.05, 0) is 43.3 Å². The Bertz CT molecular complexity index is 1130. The summed E-state index contributed by atoms with van der Waals surface area (Å²) in [4.78, 5) is 15.5. The minimum absolute atomic E-state index is 0.197. The molecule has 4 aromatic rings. The lowest BCUT2D eigenvalue weighted by atomic mass is 10.0. The number of nitrogens with zero attached hydrogens (tertiary/aromatic N) is 4. The largest absolute Gasteiger partial charge is 0.372 e. The van der Waals surface area contributed by atoms with Crippen LogP contribution in [-0.2, 0) is 5.60 Å². The molecule has 1 aromatic carbocycles. The van der Waals surface area contributed by atoms with Crippen LogP contribution < -0.4 is 5.73 Å². The topological polar surface area (TPSA) is 106 Å². The molecule has 0 aliphatic rings. The lowest BCUT2D eigenvalue weighted by Crippen LogP contribution is -2.18. The quantitative estimate of drug-likeness (QED) is 0.482. The summed E-state index contributed by atoms with van der Waals surface area (Å²) < 4.78 is 1.82. The van der Waals surface area contributed by atoms with Gasteiger partial charge in [0.15, 0.2) is 5.60 Å². The average Bonchev–Trinajstić information content (AvgIpc) is 3.30. The van der Waals surface area contributed by atoms with Crippen molar-refractivity contribution in [2.24, 2.45) is 0 Å². The van der Waals surface area contributed by atoms with E-state index in [1.165, 1.54) is 0 Å². The molecule has 0 radical (unpaired) electrons. The fourth-order valence-corrected chi connectivity index (χ4v) is 2.66. The molecule has 0 fully saturated rings. The van der Waals surface area contributed by atoms with Gasteiger partial charge in [-0.15, -0.1) is 0 Å². The number of nitrogens with one attached hydrogen (secondary N) is 1. The summed E-state index contributed by atoms with van der Waals surface area (Å²) in [6.45, 7) is 1.65. The van der Waals surface area contributed by atoms with Crippen molar-refractivity contribution in [3.63, 3.8) is 0 Å². The van der Waals surface area contributed by atoms with E-state index in [2.05, 4.69) is 31.8 Å². The SMILES string of the molecule is CC(O)(C#Cc1ccc2ncn(-c3ccnc(N)n3)c2c1)c1ccc[nH]1. The van der Waals surface area contributed by atoms with Crippen molar-refractivity contribution in [2.75, 3.05) is 5.73 Å². The Morgan fingerprint density at radius 1 is 1.23 bits per heavy atom. The molecule has 0 amide bonds. The highest BCUT2D eigenvalue weighted by Crippen LogP contribution is 2.20. The van der Waals surface area contributed by atoms with E-state index in [-0.39, 0.29) is 5.95 Å². The molecule has 3 aromatic heterocycles. The lowest BCUT2D eigenvalue weighted by molar-refractivity contribution is 0.118. The van der Waals surface area contributed by atoms with Gasteiger partial charge in [-0.3, -0.25) is 4.57 Å². The van der Waals surface area contributed by atoms with Crippen LogP contribution >= 0.6 is 0 Å². The van der Waals surface area contributed by atoms with E-state index >= 15 is 0 Å². The molecule has 128 valence electrons. The van der Waals surface area contributed by atoms with Crippen molar-refractivity contribution in [1.82, 2.24) is 24.5 Å². The maximum Gasteiger partial charge on any atom is 0.221 e. The molecular formula is C19H16N6O. The molecule has 3 heterocycles. The van der Waals surface area contributed by atoms with Crippen LogP contribution in [0.15, 0.2) is 55.1 Å². The van der Waals surface area contributed by atoms with Gasteiger partial charge in [-0.1, -0.05) is 11.8 Å². The van der Waals surface area contributed by atoms with Crippen LogP contribution in [0.5, 0.6) is 0 Å². The molecule has 1 unspecified atom stereocenters. The molecule has 0 spiro atoms. The van der Waals surface area contributed by atoms with E-state index in [1.807, 2.05) is 28.8 Å². The highest BCUT2D eigenvalue weighted by atomic mass is 16.3. The Morgan fingerprint density at radius 2 is 2.12 bits per heavy atom. The predicted octanol–water partition coefficient (Wildman–Crippen LogP) is 1.98. The van der Waals surface area contributed by atoms with Crippen LogP contribution in [0.4, 0.5) is 5.95 Å². The number of aromatic nitrogens is 5. The summed E-state index contributed by atoms with van der Waals surface area (Å²) in [5.41, 5.74) is 7.46. The Hall–Kier alpha value is -3.63. The zero-order chi connectivity index (χ0) is 18.1. The Labute approximate surface area is 149 Å². The first-order chi connectivity index (χ1) is 12.5. The molecule has 4 rings (SSSR count). The van der Waals surface area contributed by atoms with Crippen LogP contribution in [0, 0.1) is 11.8 Å². The normalized spacial score (nSPS) is 13.2. The molecule has 0 saturated carbocycles. The first-order valence-electron chi connectivity index (χ1n) is 7.98. The highest BCUT2D eigenvalue weighted by molar-refractivity contribution is 5.78. The van der Waals surface area contributed by atoms with Gasteiger partial charge in [0.1, 0.15) is 12.1 Å². The number of imidazole rings is 1. The van der Waals surface area contributed by atoms with E-state index in [4.69, 9.17) is 5.73 Å². The molecule has 0 aliphatic carbocycles. The number of nitrogens with two attached hydrogens (primary N) is 1. The van der Waals surface area contributed by atoms with Gasteiger partial charge in [0.2, 0.25) is 5.95 Å². The molecular weight excluding hydrogens is 328 g/mol. The summed E-state index contributed by atoms with van der Waals surface area (Å²) in [7, 11) is 0. The number of benzene rings is 1. The van der Waals surface area contributed by atoms with Gasteiger partial charge in [0.25, 0.3) is 0 Å². The Morgan fingerprint density at radius 3 is 2.88 bits per heavy atom. The van der Waals surface area contributed by atoms with Crippen molar-refractivity contribution in [3.8, 4) is 17.7 Å². The number of nitrogen functional groups attached to an aromatic ring is 1. The van der Waals surface area contributed by atoms with Crippen molar-refractivity contribution in [3.05, 3.63) is 66.4 Å². The van der Waals surface area contributed by atoms with Crippen LogP contribution in [0.2, 0.25) is 0 Å². The third-order valence-electron chi connectivity index (χ3n) is 4.03. The number of anilines is 1. The predicted molar refractivity (Wildman–Crippen MR) is 98.3 cm³/mol. The van der Waals surface area contributed by atoms with Crippen molar-refractivity contribution in [1.29, 1.82) is 0 Å². The number of hydrogen-bond acceptors (Lipinski definition) is 5. The summed E-state index contributed by atoms with van der Waals surface area (Å²) >= 11 is 0. The maximum atomic E-state index is 10.5. The Balaban J connectivity index is 1.75. The minimum atomic E-state index is -1.26. The molecule has 4 N–H and O–H groups in total. The third kappa shape index (κ3) is 2.90. The molecule has 0 aliphatic heterocycles. The van der Waals surface area contributed by atoms with Gasteiger partial charge in [-0.25, -0.2) is 9.97 Å². The monoisotopic (exact) mass is 344 g/mol. The molecule has 7 heteroatoms. The minimum Gasteiger partial charge on any atom is -0.372 e. The smallest absolute Gasteiger partial charge is 0.221 e. The molecule has 0 saturated heterocycles. The fraction of sp³-hybridized carbons (Fsp3) is 0.105. The Kier molecular flexibility index (Phi) is 3.68. The first kappa shape index (κ1) is 15.9. The standard InChI is InChI=1S/C19H16N6O/c1-19(26,16-3-2-9-21-16)8-6-13-4-5-14-15(11-13)25(12-23-14)17-7-10-22-18(20)24-17/h2-5,7,9-12,21,26H,1H3,(H2,20,22,24). The van der Waals surface area contributed by atoms with Gasteiger partial charge in [0.05, 0.1) is 16.7 Å². The number of aromatic amines is 1. The van der Waals surface area contributed by atoms with Crippen LogP contribution in [-0.4, -0.2) is 29.6 Å². The van der Waals surface area contributed by atoms with Crippen LogP contribution in [0.25, 0.3) is 16.9 Å². The van der Waals surface area contributed by atoms with Gasteiger partial charge >= 0.3 is 0 Å². The number of H-pyrrole nitrogens is 1. The van der Waals surface area contributed by atoms with E-state index < -0.39 is 5.60 Å². The third-order valence-corrected chi connectivity index (χ3v) is 4.03. The summed E-state index contributed by atoms with van der Waals surface area (Å²) in [6.07, 6.45) is 5.03. The molecule has 0 bridgehead atoms. The first-order valence-corrected chi connectivity index (χ1v) is 7.98. The van der Waals surface area contributed by atoms with Gasteiger partial charge in [0, 0.05) is 18.0 Å². The van der Waals surface area contributed by atoms with E-state index in [9.17, 15) is 5.11 Å². The molecule has 7 nitrogen and oxygen atoms in total. The summed E-state index contributed by atoms with van der Waals surface area (Å²) in [5, 5.41) is 10.5. The van der Waals surface area contributed by atoms with E-state index in [0.29, 0.717) is 11.5 Å². The van der Waals surface area contributed by atoms with Gasteiger partial charge < -0.3 is 15.8 Å². The second-order valence-electron chi connectivity index (χ2n) is 6.00. The van der Waals surface area contributed by atoms with E-state index in [1.54, 1.807) is 37.8 Å². The number of aliphatic hydroxyl groups is 1. The van der Waals surface area contributed by atoms with Crippen molar-refractivity contribution < 1.29 is 5.11 Å². The van der Waals surface area contributed by atoms with Gasteiger partial charge in [-0.2, -0.15) is 4.98 Å². The second kappa shape index (κ2) is 6.02. The molecule has 1 atom stereocenters. The van der Waals surface area contributed by atoms with Crippen molar-refractivity contribution in [2.45, 2.75) is 12.5 Å². The number of hydrogen-bond donors (Lipinski definition) is 3. The summed E-state index contributed by atoms with van der Waals surface area (Å²) in [6, 6.07) is 11.0.